The fourth-order valence-electron chi connectivity index (χ4n) is 3.11. The van der Waals surface area contributed by atoms with Gasteiger partial charge in [0, 0.05) is 19.0 Å². The van der Waals surface area contributed by atoms with E-state index in [0.717, 1.165) is 19.5 Å². The summed E-state index contributed by atoms with van der Waals surface area (Å²) in [5.41, 5.74) is 2.82. The average molecular weight is 261 g/mol. The second kappa shape index (κ2) is 6.20. The predicted molar refractivity (Wildman–Crippen MR) is 76.4 cm³/mol. The van der Waals surface area contributed by atoms with E-state index >= 15 is 0 Å². The third kappa shape index (κ3) is 3.57. The molecule has 2 atom stereocenters. The quantitative estimate of drug-likeness (QED) is 0.885. The molecular weight excluding hydrogens is 238 g/mol. The van der Waals surface area contributed by atoms with Gasteiger partial charge in [-0.05, 0) is 50.3 Å². The molecular formula is C16H23NO2. The van der Waals surface area contributed by atoms with Crippen LogP contribution in [0, 0.1) is 6.92 Å². The maximum absolute atomic E-state index is 10.6. The van der Waals surface area contributed by atoms with Crippen LogP contribution in [0.2, 0.25) is 0 Å². The summed E-state index contributed by atoms with van der Waals surface area (Å²) in [6, 6.07) is 9.15. The van der Waals surface area contributed by atoms with E-state index in [4.69, 9.17) is 5.11 Å². The highest BCUT2D eigenvalue weighted by Crippen LogP contribution is 2.33. The summed E-state index contributed by atoms with van der Waals surface area (Å²) in [5, 5.41) is 8.70. The van der Waals surface area contributed by atoms with Crippen molar-refractivity contribution in [2.24, 2.45) is 0 Å². The molecule has 19 heavy (non-hydrogen) atoms. The highest BCUT2D eigenvalue weighted by atomic mass is 16.4. The zero-order chi connectivity index (χ0) is 13.8. The summed E-state index contributed by atoms with van der Waals surface area (Å²) < 4.78 is 0. The van der Waals surface area contributed by atoms with E-state index < -0.39 is 5.97 Å². The van der Waals surface area contributed by atoms with Gasteiger partial charge in [0.25, 0.3) is 0 Å². The number of nitrogens with zero attached hydrogens (tertiary/aromatic N) is 1. The maximum Gasteiger partial charge on any atom is 0.303 e. The Kier molecular flexibility index (Phi) is 4.59. The van der Waals surface area contributed by atoms with Crippen LogP contribution in [0.15, 0.2) is 24.3 Å². The van der Waals surface area contributed by atoms with E-state index in [1.165, 1.54) is 17.5 Å². The summed E-state index contributed by atoms with van der Waals surface area (Å²) in [7, 11) is 0. The van der Waals surface area contributed by atoms with Crippen LogP contribution in [0.4, 0.5) is 0 Å². The van der Waals surface area contributed by atoms with Gasteiger partial charge in [-0.2, -0.15) is 0 Å². The van der Waals surface area contributed by atoms with Crippen LogP contribution in [0.5, 0.6) is 0 Å². The zero-order valence-corrected chi connectivity index (χ0v) is 11.8. The molecule has 1 saturated heterocycles. The molecule has 104 valence electrons. The van der Waals surface area contributed by atoms with Crippen molar-refractivity contribution in [3.05, 3.63) is 35.4 Å². The van der Waals surface area contributed by atoms with Crippen molar-refractivity contribution in [3.8, 4) is 0 Å². The van der Waals surface area contributed by atoms with Crippen molar-refractivity contribution in [2.45, 2.75) is 45.1 Å². The first-order valence-corrected chi connectivity index (χ1v) is 7.09. The van der Waals surface area contributed by atoms with Gasteiger partial charge in [-0.25, -0.2) is 0 Å². The van der Waals surface area contributed by atoms with E-state index in [2.05, 4.69) is 43.0 Å². The number of carboxylic acids is 1. The van der Waals surface area contributed by atoms with Gasteiger partial charge in [0.2, 0.25) is 0 Å². The summed E-state index contributed by atoms with van der Waals surface area (Å²) in [6.07, 6.45) is 2.20. The molecule has 2 rings (SSSR count). The minimum Gasteiger partial charge on any atom is -0.481 e. The number of carboxylic acid groups (broad SMARTS) is 1. The number of benzene rings is 1. The lowest BCUT2D eigenvalue weighted by Gasteiger charge is -2.20. The van der Waals surface area contributed by atoms with Crippen molar-refractivity contribution in [3.63, 3.8) is 0 Å². The first-order chi connectivity index (χ1) is 9.08. The molecule has 3 nitrogen and oxygen atoms in total. The molecule has 0 bridgehead atoms. The molecule has 1 heterocycles. The van der Waals surface area contributed by atoms with Gasteiger partial charge < -0.3 is 10.0 Å². The van der Waals surface area contributed by atoms with Crippen molar-refractivity contribution in [1.29, 1.82) is 0 Å². The summed E-state index contributed by atoms with van der Waals surface area (Å²) in [5.74, 6) is -0.0941. The molecule has 0 radical (unpaired) electrons. The molecule has 1 fully saturated rings. The van der Waals surface area contributed by atoms with Gasteiger partial charge in [0.1, 0.15) is 0 Å². The van der Waals surface area contributed by atoms with Gasteiger partial charge in [-0.15, -0.1) is 0 Å². The third-order valence-electron chi connectivity index (χ3n) is 4.17. The van der Waals surface area contributed by atoms with E-state index in [1.807, 2.05) is 0 Å². The molecule has 0 aliphatic carbocycles. The molecule has 1 aromatic rings. The minimum absolute atomic E-state index is 0.276. The predicted octanol–water partition coefficient (Wildman–Crippen LogP) is 3.04. The maximum atomic E-state index is 10.6. The summed E-state index contributed by atoms with van der Waals surface area (Å²) in [6.45, 7) is 6.38. The molecule has 3 heteroatoms. The van der Waals surface area contributed by atoms with E-state index in [9.17, 15) is 4.79 Å². The summed E-state index contributed by atoms with van der Waals surface area (Å²) in [4.78, 5) is 13.0. The lowest BCUT2D eigenvalue weighted by Crippen LogP contribution is -2.28. The molecule has 0 saturated carbocycles. The molecule has 1 aliphatic heterocycles. The fourth-order valence-corrected chi connectivity index (χ4v) is 3.11. The smallest absolute Gasteiger partial charge is 0.303 e. The first kappa shape index (κ1) is 14.1. The van der Waals surface area contributed by atoms with Crippen LogP contribution >= 0.6 is 0 Å². The lowest BCUT2D eigenvalue weighted by atomic mass is 9.93. The van der Waals surface area contributed by atoms with Crippen molar-refractivity contribution >= 4 is 5.97 Å². The number of carbonyl (C=O) groups is 1. The molecule has 0 aromatic heterocycles. The van der Waals surface area contributed by atoms with E-state index in [0.29, 0.717) is 12.0 Å². The lowest BCUT2D eigenvalue weighted by molar-refractivity contribution is -0.137. The second-order valence-electron chi connectivity index (χ2n) is 5.63. The van der Waals surface area contributed by atoms with E-state index in [-0.39, 0.29) is 6.42 Å². The number of rotatable bonds is 5. The molecule has 0 spiro atoms. The van der Waals surface area contributed by atoms with Gasteiger partial charge in [-0.1, -0.05) is 24.3 Å². The Balaban J connectivity index is 1.94. The van der Waals surface area contributed by atoms with Crippen LogP contribution in [-0.2, 0) is 4.79 Å². The SMILES string of the molecule is Cc1ccccc1[C@@H]1C[C@H](C)N(CCCC(=O)O)C1. The van der Waals surface area contributed by atoms with Crippen molar-refractivity contribution in [1.82, 2.24) is 4.90 Å². The molecule has 1 N–H and O–H groups in total. The second-order valence-corrected chi connectivity index (χ2v) is 5.63. The molecule has 0 unspecified atom stereocenters. The zero-order valence-electron chi connectivity index (χ0n) is 11.8. The minimum atomic E-state index is -0.692. The van der Waals surface area contributed by atoms with Crippen LogP contribution < -0.4 is 0 Å². The number of hydrogen-bond acceptors (Lipinski definition) is 2. The fraction of sp³-hybridized carbons (Fsp3) is 0.562. The Morgan fingerprint density at radius 1 is 1.42 bits per heavy atom. The van der Waals surface area contributed by atoms with Crippen LogP contribution in [0.3, 0.4) is 0 Å². The normalized spacial score (nSPS) is 23.7. The Hall–Kier alpha value is -1.35. The van der Waals surface area contributed by atoms with E-state index in [1.54, 1.807) is 0 Å². The number of aliphatic carboxylic acids is 1. The Labute approximate surface area is 115 Å². The van der Waals surface area contributed by atoms with Gasteiger partial charge in [-0.3, -0.25) is 4.79 Å². The van der Waals surface area contributed by atoms with Crippen LogP contribution in [-0.4, -0.2) is 35.1 Å². The first-order valence-electron chi connectivity index (χ1n) is 7.09. The van der Waals surface area contributed by atoms with Crippen LogP contribution in [0.1, 0.15) is 43.2 Å². The number of hydrogen-bond donors (Lipinski definition) is 1. The Morgan fingerprint density at radius 2 is 2.16 bits per heavy atom. The highest BCUT2D eigenvalue weighted by Gasteiger charge is 2.30. The topological polar surface area (TPSA) is 40.5 Å². The average Bonchev–Trinajstić information content (AvgIpc) is 2.71. The monoisotopic (exact) mass is 261 g/mol. The van der Waals surface area contributed by atoms with Gasteiger partial charge in [0.05, 0.1) is 0 Å². The molecule has 1 aliphatic rings. The van der Waals surface area contributed by atoms with Crippen molar-refractivity contribution < 1.29 is 9.90 Å². The van der Waals surface area contributed by atoms with Crippen molar-refractivity contribution in [2.75, 3.05) is 13.1 Å². The molecule has 1 aromatic carbocycles. The third-order valence-corrected chi connectivity index (χ3v) is 4.17. The number of aryl methyl sites for hydroxylation is 1. The summed E-state index contributed by atoms with van der Waals surface area (Å²) >= 11 is 0. The Bertz CT molecular complexity index is 444. The number of likely N-dealkylation sites (tertiary alicyclic amines) is 1. The van der Waals surface area contributed by atoms with Gasteiger partial charge in [0.15, 0.2) is 0 Å². The standard InChI is InChI=1S/C16H23NO2/c1-12-6-3-4-7-15(12)14-10-13(2)17(11-14)9-5-8-16(18)19/h3-4,6-7,13-14H,5,8-11H2,1-2H3,(H,18,19)/t13-,14+/m0/s1. The molecule has 0 amide bonds. The highest BCUT2D eigenvalue weighted by molar-refractivity contribution is 5.66. The van der Waals surface area contributed by atoms with Crippen LogP contribution in [0.25, 0.3) is 0 Å². The Morgan fingerprint density at radius 3 is 2.84 bits per heavy atom. The van der Waals surface area contributed by atoms with Gasteiger partial charge >= 0.3 is 5.97 Å². The largest absolute Gasteiger partial charge is 0.481 e.